The van der Waals surface area contributed by atoms with Gasteiger partial charge in [-0.25, -0.2) is 4.98 Å². The third-order valence-corrected chi connectivity index (χ3v) is 3.36. The van der Waals surface area contributed by atoms with Crippen LogP contribution in [0.25, 0.3) is 0 Å². The maximum absolute atomic E-state index is 6.27. The summed E-state index contributed by atoms with van der Waals surface area (Å²) in [6.45, 7) is 6.00. The van der Waals surface area contributed by atoms with Crippen molar-refractivity contribution in [1.29, 1.82) is 0 Å². The van der Waals surface area contributed by atoms with E-state index in [0.717, 1.165) is 22.0 Å². The molecule has 4 heteroatoms. The molecule has 1 atom stereocenters. The van der Waals surface area contributed by atoms with Gasteiger partial charge in [0, 0.05) is 10.9 Å². The van der Waals surface area contributed by atoms with Crippen LogP contribution in [0.2, 0.25) is 0 Å². The van der Waals surface area contributed by atoms with E-state index in [2.05, 4.69) is 4.98 Å². The second kappa shape index (κ2) is 5.50. The summed E-state index contributed by atoms with van der Waals surface area (Å²) in [6, 6.07) is 7.65. The molecular formula is C14H18N2OS. The van der Waals surface area contributed by atoms with E-state index >= 15 is 0 Å². The fraction of sp³-hybridized carbons (Fsp3) is 0.357. The highest BCUT2D eigenvalue weighted by Gasteiger charge is 2.16. The second-order valence-corrected chi connectivity index (χ2v) is 5.54. The molecule has 0 aliphatic heterocycles. The highest BCUT2D eigenvalue weighted by molar-refractivity contribution is 7.09. The molecule has 2 aromatic rings. The zero-order chi connectivity index (χ0) is 13.1. The van der Waals surface area contributed by atoms with Crippen LogP contribution in [0.15, 0.2) is 29.6 Å². The van der Waals surface area contributed by atoms with Gasteiger partial charge in [0.2, 0.25) is 0 Å². The van der Waals surface area contributed by atoms with Crippen molar-refractivity contribution in [3.05, 3.63) is 45.9 Å². The van der Waals surface area contributed by atoms with Gasteiger partial charge in [-0.15, -0.1) is 11.3 Å². The Morgan fingerprint density at radius 3 is 2.61 bits per heavy atom. The first-order chi connectivity index (χ1) is 8.58. The van der Waals surface area contributed by atoms with Crippen molar-refractivity contribution in [2.24, 2.45) is 5.73 Å². The molecule has 0 fully saturated rings. The molecule has 0 aliphatic carbocycles. The summed E-state index contributed by atoms with van der Waals surface area (Å²) in [5.41, 5.74) is 8.15. The highest BCUT2D eigenvalue weighted by Crippen LogP contribution is 2.29. The number of nitrogens with zero attached hydrogens (tertiary/aromatic N) is 1. The molecule has 3 nitrogen and oxygen atoms in total. The van der Waals surface area contributed by atoms with Crippen LogP contribution in [-0.4, -0.2) is 11.1 Å². The minimum atomic E-state index is -0.232. The van der Waals surface area contributed by atoms with Crippen molar-refractivity contribution in [2.75, 3.05) is 0 Å². The normalized spacial score (nSPS) is 12.7. The lowest BCUT2D eigenvalue weighted by molar-refractivity contribution is 0.239. The van der Waals surface area contributed by atoms with Crippen LogP contribution < -0.4 is 10.5 Å². The lowest BCUT2D eigenvalue weighted by atomic mass is 10.0. The Kier molecular flexibility index (Phi) is 3.99. The van der Waals surface area contributed by atoms with Crippen LogP contribution in [0.4, 0.5) is 0 Å². The highest BCUT2D eigenvalue weighted by atomic mass is 32.1. The van der Waals surface area contributed by atoms with Crippen molar-refractivity contribution in [2.45, 2.75) is 32.9 Å². The smallest absolute Gasteiger partial charge is 0.124 e. The van der Waals surface area contributed by atoms with Gasteiger partial charge < -0.3 is 10.5 Å². The van der Waals surface area contributed by atoms with Gasteiger partial charge >= 0.3 is 0 Å². The monoisotopic (exact) mass is 262 g/mol. The number of para-hydroxylation sites is 1. The van der Waals surface area contributed by atoms with E-state index in [-0.39, 0.29) is 12.1 Å². The Hall–Kier alpha value is -1.39. The molecule has 1 heterocycles. The van der Waals surface area contributed by atoms with E-state index in [1.807, 2.05) is 50.4 Å². The third kappa shape index (κ3) is 2.89. The van der Waals surface area contributed by atoms with Gasteiger partial charge in [0.25, 0.3) is 0 Å². The minimum Gasteiger partial charge on any atom is -0.491 e. The largest absolute Gasteiger partial charge is 0.491 e. The summed E-state index contributed by atoms with van der Waals surface area (Å²) >= 11 is 1.62. The number of hydrogen-bond acceptors (Lipinski definition) is 4. The number of thiazole rings is 1. The van der Waals surface area contributed by atoms with E-state index in [1.54, 1.807) is 11.3 Å². The van der Waals surface area contributed by atoms with Crippen LogP contribution in [0.1, 0.15) is 36.2 Å². The van der Waals surface area contributed by atoms with Crippen LogP contribution >= 0.6 is 11.3 Å². The predicted molar refractivity (Wildman–Crippen MR) is 75.1 cm³/mol. The first kappa shape index (κ1) is 13.1. The first-order valence-corrected chi connectivity index (χ1v) is 6.89. The Labute approximate surface area is 112 Å². The van der Waals surface area contributed by atoms with Gasteiger partial charge in [0.05, 0.1) is 22.8 Å². The second-order valence-electron chi connectivity index (χ2n) is 4.47. The number of benzene rings is 1. The average molecular weight is 262 g/mol. The Bertz CT molecular complexity index is 522. The number of hydrogen-bond donors (Lipinski definition) is 1. The first-order valence-electron chi connectivity index (χ1n) is 6.01. The molecular weight excluding hydrogens is 244 g/mol. The molecule has 1 unspecified atom stereocenters. The number of rotatable bonds is 4. The summed E-state index contributed by atoms with van der Waals surface area (Å²) in [7, 11) is 0. The quantitative estimate of drug-likeness (QED) is 0.919. The lowest BCUT2D eigenvalue weighted by Gasteiger charge is -2.17. The number of nitrogens with two attached hydrogens (primary N) is 1. The van der Waals surface area contributed by atoms with Crippen LogP contribution in [-0.2, 0) is 0 Å². The fourth-order valence-electron chi connectivity index (χ4n) is 1.78. The lowest BCUT2D eigenvalue weighted by Crippen LogP contribution is -2.15. The van der Waals surface area contributed by atoms with E-state index in [0.29, 0.717) is 0 Å². The molecule has 18 heavy (non-hydrogen) atoms. The van der Waals surface area contributed by atoms with Gasteiger partial charge in [-0.05, 0) is 26.8 Å². The molecule has 0 saturated heterocycles. The topological polar surface area (TPSA) is 48.1 Å². The van der Waals surface area contributed by atoms with Crippen LogP contribution in [0, 0.1) is 6.92 Å². The zero-order valence-corrected chi connectivity index (χ0v) is 11.7. The van der Waals surface area contributed by atoms with Gasteiger partial charge in [0.15, 0.2) is 0 Å². The van der Waals surface area contributed by atoms with Gasteiger partial charge in [0.1, 0.15) is 5.75 Å². The van der Waals surface area contributed by atoms with Crippen molar-refractivity contribution in [1.82, 2.24) is 4.98 Å². The molecule has 0 saturated carbocycles. The van der Waals surface area contributed by atoms with E-state index in [9.17, 15) is 0 Å². The van der Waals surface area contributed by atoms with E-state index in [4.69, 9.17) is 10.5 Å². The van der Waals surface area contributed by atoms with E-state index < -0.39 is 0 Å². The Morgan fingerprint density at radius 1 is 1.28 bits per heavy atom. The van der Waals surface area contributed by atoms with Crippen molar-refractivity contribution in [3.8, 4) is 5.75 Å². The number of ether oxygens (including phenoxy) is 1. The molecule has 2 N–H and O–H groups in total. The molecule has 0 radical (unpaired) electrons. The standard InChI is InChI=1S/C14H18N2OS/c1-9(2)17-13-7-5-4-6-11(13)14(15)12-8-18-10(3)16-12/h4-9,14H,15H2,1-3H3. The summed E-state index contributed by atoms with van der Waals surface area (Å²) in [5.74, 6) is 0.839. The van der Waals surface area contributed by atoms with Gasteiger partial charge in [-0.3, -0.25) is 0 Å². The summed E-state index contributed by atoms with van der Waals surface area (Å²) < 4.78 is 5.79. The Morgan fingerprint density at radius 2 is 2.00 bits per heavy atom. The fourth-order valence-corrected chi connectivity index (χ4v) is 2.43. The van der Waals surface area contributed by atoms with E-state index in [1.165, 1.54) is 0 Å². The maximum Gasteiger partial charge on any atom is 0.124 e. The van der Waals surface area contributed by atoms with Crippen molar-refractivity contribution in [3.63, 3.8) is 0 Å². The molecule has 0 aliphatic rings. The maximum atomic E-state index is 6.27. The summed E-state index contributed by atoms with van der Waals surface area (Å²) in [4.78, 5) is 4.45. The SMILES string of the molecule is Cc1nc(C(N)c2ccccc2OC(C)C)cs1. The minimum absolute atomic E-state index is 0.135. The molecule has 0 spiro atoms. The zero-order valence-electron chi connectivity index (χ0n) is 10.9. The molecule has 1 aromatic heterocycles. The molecule has 1 aromatic carbocycles. The Balaban J connectivity index is 2.32. The molecule has 0 amide bonds. The molecule has 0 bridgehead atoms. The summed E-state index contributed by atoms with van der Waals surface area (Å²) in [5, 5.41) is 3.04. The molecule has 96 valence electrons. The van der Waals surface area contributed by atoms with Crippen LogP contribution in [0.3, 0.4) is 0 Å². The summed E-state index contributed by atoms with van der Waals surface area (Å²) in [6.07, 6.45) is 0.135. The number of aryl methyl sites for hydroxylation is 1. The van der Waals surface area contributed by atoms with Gasteiger partial charge in [-0.1, -0.05) is 18.2 Å². The molecule has 2 rings (SSSR count). The third-order valence-electron chi connectivity index (χ3n) is 2.57. The van der Waals surface area contributed by atoms with Crippen molar-refractivity contribution >= 4 is 11.3 Å². The predicted octanol–water partition coefficient (Wildman–Crippen LogP) is 3.29. The van der Waals surface area contributed by atoms with Crippen LogP contribution in [0.5, 0.6) is 5.75 Å². The number of aromatic nitrogens is 1. The average Bonchev–Trinajstić information content (AvgIpc) is 2.75. The van der Waals surface area contributed by atoms with Gasteiger partial charge in [-0.2, -0.15) is 0 Å². The van der Waals surface area contributed by atoms with Crippen molar-refractivity contribution < 1.29 is 4.74 Å².